The maximum Gasteiger partial charge on any atom is 0.343 e. The predicted octanol–water partition coefficient (Wildman–Crippen LogP) is 4.84. The number of methoxy groups -OCH3 is 2. The van der Waals surface area contributed by atoms with Crippen LogP contribution in [0.25, 0.3) is 10.8 Å². The fourth-order valence-corrected chi connectivity index (χ4v) is 3.39. The number of fused-ring (bicyclic) bond motifs is 1. The zero-order chi connectivity index (χ0) is 23.9. The molecule has 4 rings (SSSR count). The molecule has 0 bridgehead atoms. The molecule has 4 aromatic rings. The van der Waals surface area contributed by atoms with Crippen molar-refractivity contribution in [3.63, 3.8) is 0 Å². The van der Waals surface area contributed by atoms with Crippen LogP contribution in [0.5, 0.6) is 17.2 Å². The number of hydrogen-bond acceptors (Lipinski definition) is 6. The van der Waals surface area contributed by atoms with Gasteiger partial charge in [0.2, 0.25) is 0 Å². The van der Waals surface area contributed by atoms with E-state index in [2.05, 4.69) is 10.5 Å². The van der Waals surface area contributed by atoms with Crippen LogP contribution in [-0.4, -0.2) is 32.3 Å². The zero-order valence-electron chi connectivity index (χ0n) is 18.6. The van der Waals surface area contributed by atoms with Gasteiger partial charge in [-0.25, -0.2) is 10.2 Å². The third-order valence-corrected chi connectivity index (χ3v) is 5.13. The number of nitrogens with zero attached hydrogens (tertiary/aromatic N) is 1. The van der Waals surface area contributed by atoms with Gasteiger partial charge in [-0.1, -0.05) is 36.4 Å². The normalized spacial score (nSPS) is 10.8. The number of amides is 1. The van der Waals surface area contributed by atoms with Crippen LogP contribution in [0, 0.1) is 0 Å². The van der Waals surface area contributed by atoms with Crippen LogP contribution in [0.2, 0.25) is 0 Å². The van der Waals surface area contributed by atoms with Crippen molar-refractivity contribution in [1.82, 2.24) is 5.43 Å². The van der Waals surface area contributed by atoms with Crippen LogP contribution >= 0.6 is 0 Å². The van der Waals surface area contributed by atoms with Gasteiger partial charge < -0.3 is 14.2 Å². The molecule has 4 aromatic carbocycles. The highest BCUT2D eigenvalue weighted by Crippen LogP contribution is 2.28. The lowest BCUT2D eigenvalue weighted by atomic mass is 10.0. The summed E-state index contributed by atoms with van der Waals surface area (Å²) in [5.74, 6) is 0.386. The van der Waals surface area contributed by atoms with Crippen LogP contribution in [0.1, 0.15) is 26.3 Å². The lowest BCUT2D eigenvalue weighted by molar-refractivity contribution is 0.0729. The van der Waals surface area contributed by atoms with Gasteiger partial charge in [-0.05, 0) is 64.9 Å². The molecule has 0 atom stereocenters. The van der Waals surface area contributed by atoms with E-state index in [-0.39, 0.29) is 11.7 Å². The molecule has 0 aliphatic heterocycles. The maximum atomic E-state index is 12.6. The van der Waals surface area contributed by atoms with Crippen molar-refractivity contribution >= 4 is 28.9 Å². The van der Waals surface area contributed by atoms with Crippen molar-refractivity contribution < 1.29 is 23.8 Å². The molecular weight excluding hydrogens is 432 g/mol. The number of nitrogens with one attached hydrogen (secondary N) is 1. The number of hydrogen-bond donors (Lipinski definition) is 1. The molecule has 1 amide bonds. The van der Waals surface area contributed by atoms with Crippen molar-refractivity contribution in [2.45, 2.75) is 0 Å². The van der Waals surface area contributed by atoms with Gasteiger partial charge in [0, 0.05) is 5.56 Å². The molecule has 0 radical (unpaired) electrons. The quantitative estimate of drug-likeness (QED) is 0.187. The number of carbonyl (C=O) groups is 2. The summed E-state index contributed by atoms with van der Waals surface area (Å²) in [7, 11) is 3.04. The van der Waals surface area contributed by atoms with E-state index in [1.165, 1.54) is 13.3 Å². The number of carbonyl (C=O) groups excluding carboxylic acids is 2. The molecule has 170 valence electrons. The second-order valence-corrected chi connectivity index (χ2v) is 7.25. The molecule has 0 fully saturated rings. The van der Waals surface area contributed by atoms with Crippen molar-refractivity contribution in [1.29, 1.82) is 0 Å². The predicted molar refractivity (Wildman–Crippen MR) is 130 cm³/mol. The highest BCUT2D eigenvalue weighted by atomic mass is 16.6. The lowest BCUT2D eigenvalue weighted by Crippen LogP contribution is -2.18. The highest BCUT2D eigenvalue weighted by Gasteiger charge is 2.13. The molecule has 0 heterocycles. The number of hydrazone groups is 1. The fraction of sp³-hybridized carbons (Fsp3) is 0.0741. The van der Waals surface area contributed by atoms with Crippen molar-refractivity contribution in [3.05, 3.63) is 102 Å². The summed E-state index contributed by atoms with van der Waals surface area (Å²) < 4.78 is 15.9. The van der Waals surface area contributed by atoms with Gasteiger partial charge in [0.15, 0.2) is 11.5 Å². The molecule has 0 aliphatic carbocycles. The van der Waals surface area contributed by atoms with Crippen LogP contribution in [0.15, 0.2) is 90.0 Å². The second kappa shape index (κ2) is 10.3. The highest BCUT2D eigenvalue weighted by molar-refractivity contribution is 6.07. The summed E-state index contributed by atoms with van der Waals surface area (Å²) in [6.45, 7) is 0. The van der Waals surface area contributed by atoms with E-state index in [9.17, 15) is 9.59 Å². The zero-order valence-corrected chi connectivity index (χ0v) is 18.6. The Labute approximate surface area is 196 Å². The minimum atomic E-state index is -0.542. The van der Waals surface area contributed by atoms with Crippen molar-refractivity contribution in [3.8, 4) is 17.2 Å². The summed E-state index contributed by atoms with van der Waals surface area (Å²) in [5.41, 5.74) is 4.04. The number of rotatable bonds is 7. The van der Waals surface area contributed by atoms with Crippen molar-refractivity contribution in [2.24, 2.45) is 5.10 Å². The minimum absolute atomic E-state index is 0.229. The topological polar surface area (TPSA) is 86.2 Å². The van der Waals surface area contributed by atoms with Crippen LogP contribution < -0.4 is 19.6 Å². The monoisotopic (exact) mass is 454 g/mol. The van der Waals surface area contributed by atoms with E-state index in [1.807, 2.05) is 36.4 Å². The summed E-state index contributed by atoms with van der Waals surface area (Å²) in [5, 5.41) is 5.87. The van der Waals surface area contributed by atoms with E-state index in [0.29, 0.717) is 28.2 Å². The van der Waals surface area contributed by atoms with Gasteiger partial charge in [0.25, 0.3) is 5.91 Å². The van der Waals surface area contributed by atoms with Gasteiger partial charge >= 0.3 is 5.97 Å². The maximum absolute atomic E-state index is 12.6. The van der Waals surface area contributed by atoms with E-state index >= 15 is 0 Å². The summed E-state index contributed by atoms with van der Waals surface area (Å²) >= 11 is 0. The van der Waals surface area contributed by atoms with E-state index < -0.39 is 5.97 Å². The number of esters is 1. The Morgan fingerprint density at radius 2 is 1.59 bits per heavy atom. The summed E-state index contributed by atoms with van der Waals surface area (Å²) in [6, 6.07) is 24.7. The molecule has 0 saturated carbocycles. The molecule has 1 N–H and O–H groups in total. The molecular formula is C27H22N2O5. The van der Waals surface area contributed by atoms with Crippen LogP contribution in [0.3, 0.4) is 0 Å². The Bertz CT molecular complexity index is 1360. The average Bonchev–Trinajstić information content (AvgIpc) is 2.88. The Morgan fingerprint density at radius 1 is 0.824 bits per heavy atom. The third-order valence-electron chi connectivity index (χ3n) is 5.13. The van der Waals surface area contributed by atoms with Gasteiger partial charge in [-0.3, -0.25) is 4.79 Å². The van der Waals surface area contributed by atoms with E-state index in [1.54, 1.807) is 55.6 Å². The smallest absolute Gasteiger partial charge is 0.343 e. The SMILES string of the molecule is COc1ccc(C(=O)Oc2cc(/C=N/NC(=O)c3cccc4ccccc34)ccc2OC)cc1. The minimum Gasteiger partial charge on any atom is -0.497 e. The largest absolute Gasteiger partial charge is 0.497 e. The first-order chi connectivity index (χ1) is 16.6. The molecule has 7 heteroatoms. The first kappa shape index (κ1) is 22.5. The molecule has 0 saturated heterocycles. The van der Waals surface area contributed by atoms with Gasteiger partial charge in [0.1, 0.15) is 5.75 Å². The van der Waals surface area contributed by atoms with Crippen LogP contribution in [0.4, 0.5) is 0 Å². The Hall–Kier alpha value is -4.65. The molecule has 0 aliphatic rings. The summed E-state index contributed by atoms with van der Waals surface area (Å²) in [6.07, 6.45) is 1.47. The molecule has 7 nitrogen and oxygen atoms in total. The standard InChI is InChI=1S/C27H22N2O5/c1-32-21-13-11-20(12-14-21)27(31)34-25-16-18(10-15-24(25)33-2)17-28-29-26(30)23-9-5-7-19-6-3-4-8-22(19)23/h3-17H,1-2H3,(H,29,30)/b28-17+. The second-order valence-electron chi connectivity index (χ2n) is 7.25. The number of ether oxygens (including phenoxy) is 3. The molecule has 0 aromatic heterocycles. The number of benzene rings is 4. The third kappa shape index (κ3) is 5.05. The van der Waals surface area contributed by atoms with E-state index in [4.69, 9.17) is 14.2 Å². The van der Waals surface area contributed by atoms with E-state index in [0.717, 1.165) is 10.8 Å². The van der Waals surface area contributed by atoms with Gasteiger partial charge in [-0.15, -0.1) is 0 Å². The Morgan fingerprint density at radius 3 is 2.35 bits per heavy atom. The molecule has 0 spiro atoms. The fourth-order valence-electron chi connectivity index (χ4n) is 3.39. The van der Waals surface area contributed by atoms with Crippen molar-refractivity contribution in [2.75, 3.05) is 14.2 Å². The first-order valence-electron chi connectivity index (χ1n) is 10.4. The first-order valence-corrected chi connectivity index (χ1v) is 10.4. The van der Waals surface area contributed by atoms with Crippen LogP contribution in [-0.2, 0) is 0 Å². The Balaban J connectivity index is 1.48. The molecule has 0 unspecified atom stereocenters. The summed E-state index contributed by atoms with van der Waals surface area (Å²) in [4.78, 5) is 25.2. The van der Waals surface area contributed by atoms with Gasteiger partial charge in [-0.2, -0.15) is 5.10 Å². The molecule has 34 heavy (non-hydrogen) atoms. The lowest BCUT2D eigenvalue weighted by Gasteiger charge is -2.10. The average molecular weight is 454 g/mol. The van der Waals surface area contributed by atoms with Gasteiger partial charge in [0.05, 0.1) is 26.0 Å². The Kier molecular flexibility index (Phi) is 6.84.